The Morgan fingerprint density at radius 1 is 1.47 bits per heavy atom. The molecule has 1 aromatic heterocycles. The lowest BCUT2D eigenvalue weighted by atomic mass is 10.0. The number of nitrogens with one attached hydrogen (secondary N) is 1. The standard InChI is InChI=1S/C14H25ClN4/c1-10(2)12-8-19(7-5-6-16-12)9-13-14(15)11(3)17-18(13)4/h10,12,16H,5-9H2,1-4H3. The number of aromatic nitrogens is 2. The van der Waals surface area contributed by atoms with Crippen molar-refractivity contribution in [2.24, 2.45) is 13.0 Å². The maximum atomic E-state index is 6.35. The van der Waals surface area contributed by atoms with Crippen molar-refractivity contribution in [1.82, 2.24) is 20.0 Å². The number of hydrogen-bond donors (Lipinski definition) is 1. The fraction of sp³-hybridized carbons (Fsp3) is 0.786. The lowest BCUT2D eigenvalue weighted by Crippen LogP contribution is -2.41. The Hall–Kier alpha value is -0.580. The maximum Gasteiger partial charge on any atom is 0.0860 e. The summed E-state index contributed by atoms with van der Waals surface area (Å²) >= 11 is 6.35. The summed E-state index contributed by atoms with van der Waals surface area (Å²) in [5.74, 6) is 0.657. The number of rotatable bonds is 3. The third kappa shape index (κ3) is 3.50. The Balaban J connectivity index is 2.08. The lowest BCUT2D eigenvalue weighted by molar-refractivity contribution is 0.233. The molecule has 0 saturated carbocycles. The van der Waals surface area contributed by atoms with E-state index in [0.717, 1.165) is 42.6 Å². The van der Waals surface area contributed by atoms with Crippen LogP contribution in [-0.4, -0.2) is 40.4 Å². The van der Waals surface area contributed by atoms with Gasteiger partial charge in [0.1, 0.15) is 0 Å². The van der Waals surface area contributed by atoms with Crippen LogP contribution in [-0.2, 0) is 13.6 Å². The SMILES string of the molecule is Cc1nn(C)c(CN2CCCNC(C(C)C)C2)c1Cl. The molecule has 5 heteroatoms. The summed E-state index contributed by atoms with van der Waals surface area (Å²) < 4.78 is 1.92. The molecular weight excluding hydrogens is 260 g/mol. The molecule has 4 nitrogen and oxygen atoms in total. The van der Waals surface area contributed by atoms with Crippen LogP contribution in [0.2, 0.25) is 5.02 Å². The van der Waals surface area contributed by atoms with Gasteiger partial charge in [0.15, 0.2) is 0 Å². The van der Waals surface area contributed by atoms with Gasteiger partial charge in [0, 0.05) is 26.2 Å². The van der Waals surface area contributed by atoms with Crippen molar-refractivity contribution < 1.29 is 0 Å². The third-order valence-corrected chi connectivity index (χ3v) is 4.44. The van der Waals surface area contributed by atoms with Crippen LogP contribution >= 0.6 is 11.6 Å². The van der Waals surface area contributed by atoms with E-state index >= 15 is 0 Å². The summed E-state index contributed by atoms with van der Waals surface area (Å²) in [6.07, 6.45) is 1.19. The summed E-state index contributed by atoms with van der Waals surface area (Å²) in [4.78, 5) is 2.49. The molecule has 1 aliphatic heterocycles. The molecule has 0 radical (unpaired) electrons. The molecular formula is C14H25ClN4. The van der Waals surface area contributed by atoms with E-state index in [1.165, 1.54) is 6.42 Å². The molecule has 0 bridgehead atoms. The summed E-state index contributed by atoms with van der Waals surface area (Å²) in [6.45, 7) is 10.7. The predicted molar refractivity (Wildman–Crippen MR) is 79.5 cm³/mol. The Morgan fingerprint density at radius 2 is 2.21 bits per heavy atom. The van der Waals surface area contributed by atoms with Crippen LogP contribution in [0.15, 0.2) is 0 Å². The molecule has 1 fully saturated rings. The highest BCUT2D eigenvalue weighted by molar-refractivity contribution is 6.31. The van der Waals surface area contributed by atoms with Gasteiger partial charge in [0.25, 0.3) is 0 Å². The van der Waals surface area contributed by atoms with E-state index in [2.05, 4.69) is 29.2 Å². The Morgan fingerprint density at radius 3 is 2.79 bits per heavy atom. The minimum atomic E-state index is 0.565. The highest BCUT2D eigenvalue weighted by Crippen LogP contribution is 2.22. The molecule has 1 saturated heterocycles. The van der Waals surface area contributed by atoms with Crippen LogP contribution in [0.3, 0.4) is 0 Å². The molecule has 1 atom stereocenters. The van der Waals surface area contributed by atoms with Gasteiger partial charge in [-0.1, -0.05) is 25.4 Å². The van der Waals surface area contributed by atoms with Crippen molar-refractivity contribution in [2.75, 3.05) is 19.6 Å². The number of aryl methyl sites for hydroxylation is 2. The van der Waals surface area contributed by atoms with Crippen LogP contribution < -0.4 is 5.32 Å². The normalized spacial score (nSPS) is 21.9. The van der Waals surface area contributed by atoms with Gasteiger partial charge < -0.3 is 5.32 Å². The average molecular weight is 285 g/mol. The third-order valence-electron chi connectivity index (χ3n) is 3.95. The zero-order valence-corrected chi connectivity index (χ0v) is 13.2. The van der Waals surface area contributed by atoms with Crippen molar-refractivity contribution >= 4 is 11.6 Å². The molecule has 0 spiro atoms. The molecule has 108 valence electrons. The first-order valence-electron chi connectivity index (χ1n) is 7.12. The van der Waals surface area contributed by atoms with Gasteiger partial charge in [-0.25, -0.2) is 0 Å². The zero-order valence-electron chi connectivity index (χ0n) is 12.4. The van der Waals surface area contributed by atoms with Gasteiger partial charge in [-0.3, -0.25) is 9.58 Å². The zero-order chi connectivity index (χ0) is 14.0. The lowest BCUT2D eigenvalue weighted by Gasteiger charge is -2.26. The monoisotopic (exact) mass is 284 g/mol. The smallest absolute Gasteiger partial charge is 0.0860 e. The first-order valence-corrected chi connectivity index (χ1v) is 7.50. The molecule has 19 heavy (non-hydrogen) atoms. The van der Waals surface area contributed by atoms with Gasteiger partial charge in [0.2, 0.25) is 0 Å². The Kier molecular flexibility index (Phi) is 4.87. The Bertz CT molecular complexity index is 427. The van der Waals surface area contributed by atoms with E-state index in [1.54, 1.807) is 0 Å². The van der Waals surface area contributed by atoms with Crippen molar-refractivity contribution in [1.29, 1.82) is 0 Å². The quantitative estimate of drug-likeness (QED) is 0.924. The van der Waals surface area contributed by atoms with E-state index in [4.69, 9.17) is 11.6 Å². The van der Waals surface area contributed by atoms with E-state index in [1.807, 2.05) is 18.7 Å². The van der Waals surface area contributed by atoms with Crippen LogP contribution in [0.25, 0.3) is 0 Å². The first-order chi connectivity index (χ1) is 8.99. The highest BCUT2D eigenvalue weighted by atomic mass is 35.5. The molecule has 0 aliphatic carbocycles. The van der Waals surface area contributed by atoms with Crippen molar-refractivity contribution in [3.8, 4) is 0 Å². The minimum Gasteiger partial charge on any atom is -0.312 e. The average Bonchev–Trinajstić information content (AvgIpc) is 2.58. The fourth-order valence-electron chi connectivity index (χ4n) is 2.68. The minimum absolute atomic E-state index is 0.565. The topological polar surface area (TPSA) is 33.1 Å². The summed E-state index contributed by atoms with van der Waals surface area (Å²) in [7, 11) is 1.98. The van der Waals surface area contributed by atoms with Gasteiger partial charge in [-0.15, -0.1) is 0 Å². The number of hydrogen-bond acceptors (Lipinski definition) is 3. The van der Waals surface area contributed by atoms with Crippen molar-refractivity contribution in [3.05, 3.63) is 16.4 Å². The summed E-state index contributed by atoms with van der Waals surface area (Å²) in [6, 6.07) is 0.565. The molecule has 0 aromatic carbocycles. The van der Waals surface area contributed by atoms with Gasteiger partial charge in [-0.2, -0.15) is 5.10 Å². The van der Waals surface area contributed by atoms with E-state index in [9.17, 15) is 0 Å². The second-order valence-electron chi connectivity index (χ2n) is 5.86. The first kappa shape index (κ1) is 14.8. The van der Waals surface area contributed by atoms with Gasteiger partial charge >= 0.3 is 0 Å². The van der Waals surface area contributed by atoms with Crippen LogP contribution in [0, 0.1) is 12.8 Å². The molecule has 0 amide bonds. The second-order valence-corrected chi connectivity index (χ2v) is 6.24. The van der Waals surface area contributed by atoms with Crippen molar-refractivity contribution in [2.45, 2.75) is 39.8 Å². The number of nitrogens with zero attached hydrogens (tertiary/aromatic N) is 3. The second kappa shape index (κ2) is 6.25. The van der Waals surface area contributed by atoms with Crippen LogP contribution in [0.4, 0.5) is 0 Å². The summed E-state index contributed by atoms with van der Waals surface area (Å²) in [5, 5.41) is 8.85. The molecule has 2 rings (SSSR count). The molecule has 2 heterocycles. The van der Waals surface area contributed by atoms with Gasteiger partial charge in [0.05, 0.1) is 16.4 Å². The molecule has 1 aromatic rings. The number of halogens is 1. The molecule has 1 aliphatic rings. The molecule has 1 unspecified atom stereocenters. The van der Waals surface area contributed by atoms with Crippen molar-refractivity contribution in [3.63, 3.8) is 0 Å². The largest absolute Gasteiger partial charge is 0.312 e. The Labute approximate surface area is 121 Å². The van der Waals surface area contributed by atoms with E-state index in [0.29, 0.717) is 12.0 Å². The highest BCUT2D eigenvalue weighted by Gasteiger charge is 2.22. The maximum absolute atomic E-state index is 6.35. The van der Waals surface area contributed by atoms with Crippen LogP contribution in [0.5, 0.6) is 0 Å². The summed E-state index contributed by atoms with van der Waals surface area (Å²) in [5.41, 5.74) is 2.05. The molecule has 1 N–H and O–H groups in total. The van der Waals surface area contributed by atoms with E-state index < -0.39 is 0 Å². The predicted octanol–water partition coefficient (Wildman–Crippen LogP) is 2.20. The van der Waals surface area contributed by atoms with E-state index in [-0.39, 0.29) is 0 Å². The fourth-order valence-corrected chi connectivity index (χ4v) is 2.90. The van der Waals surface area contributed by atoms with Crippen LogP contribution in [0.1, 0.15) is 31.7 Å². The van der Waals surface area contributed by atoms with Gasteiger partial charge in [-0.05, 0) is 32.4 Å².